The second-order valence-corrected chi connectivity index (χ2v) is 5.73. The SMILES string of the molecule is COc1ccc(/C=C2/N=C(c3cccnc3)OC2=O)cc1C(C)C. The van der Waals surface area contributed by atoms with E-state index in [1.807, 2.05) is 18.2 Å². The standard InChI is InChI=1S/C19H18N2O3/c1-12(2)15-9-13(6-7-17(15)23-3)10-16-19(22)24-18(21-16)14-5-4-8-20-11-14/h4-12H,1-3H3/b16-10+. The van der Waals surface area contributed by atoms with E-state index >= 15 is 0 Å². The maximum atomic E-state index is 12.1. The number of cyclic esters (lactones) is 1. The van der Waals surface area contributed by atoms with Crippen molar-refractivity contribution < 1.29 is 14.3 Å². The van der Waals surface area contributed by atoms with Crippen LogP contribution in [0.4, 0.5) is 0 Å². The van der Waals surface area contributed by atoms with Gasteiger partial charge in [0.2, 0.25) is 5.90 Å². The van der Waals surface area contributed by atoms with Gasteiger partial charge in [0.15, 0.2) is 5.70 Å². The number of aromatic nitrogens is 1. The van der Waals surface area contributed by atoms with E-state index in [4.69, 9.17) is 9.47 Å². The summed E-state index contributed by atoms with van der Waals surface area (Å²) in [5, 5.41) is 0. The molecule has 0 aliphatic carbocycles. The van der Waals surface area contributed by atoms with E-state index in [1.165, 1.54) is 0 Å². The number of pyridine rings is 1. The van der Waals surface area contributed by atoms with Crippen LogP contribution in [-0.4, -0.2) is 24.0 Å². The molecule has 0 amide bonds. The van der Waals surface area contributed by atoms with Gasteiger partial charge >= 0.3 is 5.97 Å². The van der Waals surface area contributed by atoms with Gasteiger partial charge in [-0.15, -0.1) is 0 Å². The maximum Gasteiger partial charge on any atom is 0.363 e. The fourth-order valence-electron chi connectivity index (χ4n) is 2.47. The van der Waals surface area contributed by atoms with Crippen LogP contribution < -0.4 is 4.74 Å². The molecule has 3 rings (SSSR count). The van der Waals surface area contributed by atoms with Crippen molar-refractivity contribution in [3.05, 3.63) is 65.1 Å². The first-order chi connectivity index (χ1) is 11.6. The minimum absolute atomic E-state index is 0.272. The minimum Gasteiger partial charge on any atom is -0.496 e. The van der Waals surface area contributed by atoms with Gasteiger partial charge in [-0.1, -0.05) is 19.9 Å². The van der Waals surface area contributed by atoms with Crippen LogP contribution in [-0.2, 0) is 9.53 Å². The summed E-state index contributed by atoms with van der Waals surface area (Å²) < 4.78 is 10.6. The van der Waals surface area contributed by atoms with Crippen LogP contribution in [0.3, 0.4) is 0 Å². The lowest BCUT2D eigenvalue weighted by molar-refractivity contribution is -0.129. The number of benzene rings is 1. The molecule has 2 aromatic rings. The minimum atomic E-state index is -0.462. The van der Waals surface area contributed by atoms with E-state index in [-0.39, 0.29) is 11.6 Å². The van der Waals surface area contributed by atoms with Crippen LogP contribution in [0, 0.1) is 0 Å². The van der Waals surface area contributed by atoms with Gasteiger partial charge in [-0.2, -0.15) is 0 Å². The average Bonchev–Trinajstić information content (AvgIpc) is 2.96. The first kappa shape index (κ1) is 15.9. The Kier molecular flexibility index (Phi) is 4.42. The Morgan fingerprint density at radius 3 is 2.75 bits per heavy atom. The molecule has 1 aromatic heterocycles. The topological polar surface area (TPSA) is 60.8 Å². The third kappa shape index (κ3) is 3.20. The van der Waals surface area contributed by atoms with Crippen molar-refractivity contribution in [3.8, 4) is 5.75 Å². The number of nitrogens with zero attached hydrogens (tertiary/aromatic N) is 2. The first-order valence-corrected chi connectivity index (χ1v) is 7.69. The maximum absolute atomic E-state index is 12.1. The van der Waals surface area contributed by atoms with Crippen LogP contribution in [0.1, 0.15) is 36.5 Å². The Morgan fingerprint density at radius 2 is 2.08 bits per heavy atom. The largest absolute Gasteiger partial charge is 0.496 e. The summed E-state index contributed by atoms with van der Waals surface area (Å²) in [5.74, 6) is 0.955. The Balaban J connectivity index is 1.95. The van der Waals surface area contributed by atoms with E-state index in [1.54, 1.807) is 37.7 Å². The molecular formula is C19H18N2O3. The van der Waals surface area contributed by atoms with E-state index in [9.17, 15) is 4.79 Å². The van der Waals surface area contributed by atoms with Gasteiger partial charge in [-0.25, -0.2) is 9.79 Å². The summed E-state index contributed by atoms with van der Waals surface area (Å²) >= 11 is 0. The number of hydrogen-bond acceptors (Lipinski definition) is 5. The van der Waals surface area contributed by atoms with Gasteiger partial charge in [-0.3, -0.25) is 4.98 Å². The quantitative estimate of drug-likeness (QED) is 0.638. The molecule has 0 radical (unpaired) electrons. The molecule has 1 aromatic carbocycles. The molecule has 5 heteroatoms. The Bertz CT molecular complexity index is 824. The Hall–Kier alpha value is -2.95. The summed E-state index contributed by atoms with van der Waals surface area (Å²) in [6, 6.07) is 9.36. The molecule has 0 fully saturated rings. The van der Waals surface area contributed by atoms with Crippen LogP contribution in [0.25, 0.3) is 6.08 Å². The monoisotopic (exact) mass is 322 g/mol. The number of ether oxygens (including phenoxy) is 2. The van der Waals surface area contributed by atoms with Crippen molar-refractivity contribution in [3.63, 3.8) is 0 Å². The van der Waals surface area contributed by atoms with Gasteiger partial charge in [-0.05, 0) is 47.4 Å². The number of methoxy groups -OCH3 is 1. The summed E-state index contributed by atoms with van der Waals surface area (Å²) in [7, 11) is 1.65. The number of rotatable bonds is 4. The molecule has 0 saturated heterocycles. The van der Waals surface area contributed by atoms with Crippen molar-refractivity contribution in [1.82, 2.24) is 4.98 Å². The zero-order chi connectivity index (χ0) is 17.1. The van der Waals surface area contributed by atoms with Gasteiger partial charge in [0.1, 0.15) is 5.75 Å². The van der Waals surface area contributed by atoms with Crippen molar-refractivity contribution in [1.29, 1.82) is 0 Å². The normalized spacial score (nSPS) is 15.6. The lowest BCUT2D eigenvalue weighted by Gasteiger charge is -2.12. The van der Waals surface area contributed by atoms with E-state index < -0.39 is 5.97 Å². The van der Waals surface area contributed by atoms with Crippen LogP contribution in [0.15, 0.2) is 53.4 Å². The highest BCUT2D eigenvalue weighted by atomic mass is 16.6. The second kappa shape index (κ2) is 6.66. The lowest BCUT2D eigenvalue weighted by Crippen LogP contribution is -2.05. The van der Waals surface area contributed by atoms with E-state index in [0.717, 1.165) is 16.9 Å². The Labute approximate surface area is 140 Å². The molecule has 0 saturated carbocycles. The molecule has 0 bridgehead atoms. The fraction of sp³-hybridized carbons (Fsp3) is 0.211. The fourth-order valence-corrected chi connectivity index (χ4v) is 2.47. The molecule has 0 atom stereocenters. The Morgan fingerprint density at radius 1 is 1.25 bits per heavy atom. The third-order valence-corrected chi connectivity index (χ3v) is 3.71. The zero-order valence-corrected chi connectivity index (χ0v) is 13.8. The van der Waals surface area contributed by atoms with Crippen molar-refractivity contribution in [2.24, 2.45) is 4.99 Å². The van der Waals surface area contributed by atoms with Crippen molar-refractivity contribution >= 4 is 17.9 Å². The molecule has 1 aliphatic heterocycles. The molecule has 0 unspecified atom stereocenters. The lowest BCUT2D eigenvalue weighted by atomic mass is 9.99. The van der Waals surface area contributed by atoms with Gasteiger partial charge in [0.05, 0.1) is 12.7 Å². The number of aliphatic imine (C=N–C) groups is 1. The van der Waals surface area contributed by atoms with Crippen molar-refractivity contribution in [2.45, 2.75) is 19.8 Å². The molecule has 24 heavy (non-hydrogen) atoms. The van der Waals surface area contributed by atoms with Crippen molar-refractivity contribution in [2.75, 3.05) is 7.11 Å². The summed E-state index contributed by atoms with van der Waals surface area (Å²) in [6.07, 6.45) is 4.98. The molecule has 122 valence electrons. The van der Waals surface area contributed by atoms with Gasteiger partial charge in [0.25, 0.3) is 0 Å². The summed E-state index contributed by atoms with van der Waals surface area (Å²) in [6.45, 7) is 4.19. The number of carbonyl (C=O) groups is 1. The van der Waals surface area contributed by atoms with Gasteiger partial charge in [0, 0.05) is 12.4 Å². The zero-order valence-electron chi connectivity index (χ0n) is 13.8. The molecule has 2 heterocycles. The summed E-state index contributed by atoms with van der Waals surface area (Å²) in [4.78, 5) is 20.3. The molecule has 5 nitrogen and oxygen atoms in total. The second-order valence-electron chi connectivity index (χ2n) is 5.73. The third-order valence-electron chi connectivity index (χ3n) is 3.71. The molecule has 0 spiro atoms. The van der Waals surface area contributed by atoms with E-state index in [0.29, 0.717) is 11.5 Å². The predicted molar refractivity (Wildman–Crippen MR) is 91.9 cm³/mol. The van der Waals surface area contributed by atoms with E-state index in [2.05, 4.69) is 23.8 Å². The molecule has 1 aliphatic rings. The number of esters is 1. The van der Waals surface area contributed by atoms with Crippen LogP contribution >= 0.6 is 0 Å². The smallest absolute Gasteiger partial charge is 0.363 e. The predicted octanol–water partition coefficient (Wildman–Crippen LogP) is 3.56. The highest BCUT2D eigenvalue weighted by molar-refractivity contribution is 6.12. The molecule has 0 N–H and O–H groups in total. The van der Waals surface area contributed by atoms with Crippen LogP contribution in [0.5, 0.6) is 5.75 Å². The highest BCUT2D eigenvalue weighted by Gasteiger charge is 2.24. The first-order valence-electron chi connectivity index (χ1n) is 7.69. The number of hydrogen-bond donors (Lipinski definition) is 0. The highest BCUT2D eigenvalue weighted by Crippen LogP contribution is 2.28. The number of carbonyl (C=O) groups excluding carboxylic acids is 1. The average molecular weight is 322 g/mol. The van der Waals surface area contributed by atoms with Gasteiger partial charge < -0.3 is 9.47 Å². The summed E-state index contributed by atoms with van der Waals surface area (Å²) in [5.41, 5.74) is 2.90. The molecular weight excluding hydrogens is 304 g/mol. The van der Waals surface area contributed by atoms with Crippen LogP contribution in [0.2, 0.25) is 0 Å².